The lowest BCUT2D eigenvalue weighted by Gasteiger charge is -2.18. The van der Waals surface area contributed by atoms with Gasteiger partial charge in [0, 0.05) is 19.3 Å². The minimum Gasteiger partial charge on any atom is -0.462 e. The first kappa shape index (κ1) is 57.4. The average Bonchev–Trinajstić information content (AvgIpc) is 3.23. The highest BCUT2D eigenvalue weighted by molar-refractivity contribution is 5.71. The van der Waals surface area contributed by atoms with E-state index in [0.717, 1.165) is 57.8 Å². The van der Waals surface area contributed by atoms with E-state index < -0.39 is 6.10 Å². The molecule has 0 rings (SSSR count). The van der Waals surface area contributed by atoms with E-state index in [9.17, 15) is 14.4 Å². The van der Waals surface area contributed by atoms with Gasteiger partial charge < -0.3 is 14.2 Å². The second-order valence-electron chi connectivity index (χ2n) is 18.2. The summed E-state index contributed by atoms with van der Waals surface area (Å²) in [6.45, 7) is 6.67. The lowest BCUT2D eigenvalue weighted by Crippen LogP contribution is -2.30. The molecule has 0 radical (unpaired) electrons. The Bertz CT molecular complexity index is 874. The zero-order valence-corrected chi connectivity index (χ0v) is 40.1. The van der Waals surface area contributed by atoms with Gasteiger partial charge in [-0.3, -0.25) is 14.4 Å². The lowest BCUT2D eigenvalue weighted by atomic mass is 10.0. The van der Waals surface area contributed by atoms with Crippen LogP contribution in [0.2, 0.25) is 0 Å². The van der Waals surface area contributed by atoms with Crippen LogP contribution in [0.4, 0.5) is 0 Å². The van der Waals surface area contributed by atoms with Crippen LogP contribution in [-0.4, -0.2) is 37.2 Å². The van der Waals surface area contributed by atoms with Gasteiger partial charge in [0.05, 0.1) is 0 Å². The number of hydrogen-bond donors (Lipinski definition) is 0. The fraction of sp³-hybridized carbons (Fsp3) is 0.943. The Morgan fingerprint density at radius 2 is 0.458 bits per heavy atom. The number of carbonyl (C=O) groups is 3. The Morgan fingerprint density at radius 3 is 0.678 bits per heavy atom. The Kier molecular flexibility index (Phi) is 47.7. The van der Waals surface area contributed by atoms with Crippen LogP contribution in [0.1, 0.15) is 303 Å². The fourth-order valence-electron chi connectivity index (χ4n) is 8.09. The standard InChI is InChI=1S/C53H102O6/c1-4-7-10-13-16-19-21-23-24-25-26-27-28-30-31-34-37-40-43-46-52(55)58-49-50(48-57-51(54)45-42-39-36-33-18-15-12-9-6-3)59-53(56)47-44-41-38-35-32-29-22-20-17-14-11-8-5-2/h50H,4-49H2,1-3H3/t50-/m0/s1. The fourth-order valence-corrected chi connectivity index (χ4v) is 8.09. The van der Waals surface area contributed by atoms with Gasteiger partial charge in [-0.15, -0.1) is 0 Å². The summed E-state index contributed by atoms with van der Waals surface area (Å²) in [6.07, 6.45) is 52.4. The van der Waals surface area contributed by atoms with Crippen molar-refractivity contribution in [1.29, 1.82) is 0 Å². The highest BCUT2D eigenvalue weighted by atomic mass is 16.6. The molecular weight excluding hydrogens is 733 g/mol. The normalized spacial score (nSPS) is 11.8. The molecule has 0 aromatic heterocycles. The van der Waals surface area contributed by atoms with Gasteiger partial charge in [0.25, 0.3) is 0 Å². The van der Waals surface area contributed by atoms with Gasteiger partial charge in [-0.1, -0.05) is 265 Å². The van der Waals surface area contributed by atoms with Gasteiger partial charge >= 0.3 is 17.9 Å². The molecule has 0 aliphatic heterocycles. The summed E-state index contributed by atoms with van der Waals surface area (Å²) in [5, 5.41) is 0. The van der Waals surface area contributed by atoms with Crippen LogP contribution in [0, 0.1) is 0 Å². The highest BCUT2D eigenvalue weighted by Crippen LogP contribution is 2.17. The van der Waals surface area contributed by atoms with Gasteiger partial charge in [0.15, 0.2) is 6.10 Å². The molecule has 59 heavy (non-hydrogen) atoms. The van der Waals surface area contributed by atoms with E-state index in [4.69, 9.17) is 14.2 Å². The molecule has 0 bridgehead atoms. The Balaban J connectivity index is 4.20. The zero-order chi connectivity index (χ0) is 43.0. The first-order valence-corrected chi connectivity index (χ1v) is 26.5. The van der Waals surface area contributed by atoms with E-state index in [2.05, 4.69) is 20.8 Å². The van der Waals surface area contributed by atoms with Crippen LogP contribution in [0.3, 0.4) is 0 Å². The first-order chi connectivity index (χ1) is 29.0. The summed E-state index contributed by atoms with van der Waals surface area (Å²) in [5.41, 5.74) is 0. The molecule has 350 valence electrons. The monoisotopic (exact) mass is 835 g/mol. The van der Waals surface area contributed by atoms with Crippen molar-refractivity contribution in [2.75, 3.05) is 13.2 Å². The summed E-state index contributed by atoms with van der Waals surface area (Å²) < 4.78 is 16.8. The summed E-state index contributed by atoms with van der Waals surface area (Å²) in [4.78, 5) is 37.9. The van der Waals surface area contributed by atoms with Gasteiger partial charge in [-0.2, -0.15) is 0 Å². The zero-order valence-electron chi connectivity index (χ0n) is 40.1. The lowest BCUT2D eigenvalue weighted by molar-refractivity contribution is -0.167. The third kappa shape index (κ3) is 47.3. The van der Waals surface area contributed by atoms with Crippen molar-refractivity contribution < 1.29 is 28.6 Å². The Morgan fingerprint density at radius 1 is 0.271 bits per heavy atom. The van der Waals surface area contributed by atoms with Crippen LogP contribution in [0.25, 0.3) is 0 Å². The van der Waals surface area contributed by atoms with Crippen LogP contribution >= 0.6 is 0 Å². The van der Waals surface area contributed by atoms with Gasteiger partial charge in [-0.25, -0.2) is 0 Å². The van der Waals surface area contributed by atoms with Crippen molar-refractivity contribution in [3.63, 3.8) is 0 Å². The molecule has 1 atom stereocenters. The molecule has 0 saturated heterocycles. The van der Waals surface area contributed by atoms with E-state index >= 15 is 0 Å². The van der Waals surface area contributed by atoms with Gasteiger partial charge in [-0.05, 0) is 19.3 Å². The number of esters is 3. The quantitative estimate of drug-likeness (QED) is 0.0345. The second kappa shape index (κ2) is 49.1. The van der Waals surface area contributed by atoms with Crippen LogP contribution in [-0.2, 0) is 28.6 Å². The van der Waals surface area contributed by atoms with E-state index in [-0.39, 0.29) is 31.1 Å². The molecular formula is C53H102O6. The highest BCUT2D eigenvalue weighted by Gasteiger charge is 2.19. The van der Waals surface area contributed by atoms with E-state index in [0.29, 0.717) is 19.3 Å². The molecule has 0 unspecified atom stereocenters. The molecule has 0 spiro atoms. The van der Waals surface area contributed by atoms with Crippen LogP contribution < -0.4 is 0 Å². The molecule has 0 fully saturated rings. The van der Waals surface area contributed by atoms with Crippen molar-refractivity contribution in [2.24, 2.45) is 0 Å². The topological polar surface area (TPSA) is 78.9 Å². The predicted molar refractivity (Wildman–Crippen MR) is 252 cm³/mol. The van der Waals surface area contributed by atoms with E-state index in [1.807, 2.05) is 0 Å². The molecule has 0 aliphatic rings. The van der Waals surface area contributed by atoms with Crippen molar-refractivity contribution >= 4 is 17.9 Å². The Hall–Kier alpha value is -1.59. The van der Waals surface area contributed by atoms with Crippen LogP contribution in [0.15, 0.2) is 0 Å². The molecule has 0 saturated carbocycles. The molecule has 6 heteroatoms. The minimum atomic E-state index is -0.759. The van der Waals surface area contributed by atoms with Crippen molar-refractivity contribution in [1.82, 2.24) is 0 Å². The Labute approximate surface area is 368 Å². The number of ether oxygens (including phenoxy) is 3. The van der Waals surface area contributed by atoms with Gasteiger partial charge in [0.2, 0.25) is 0 Å². The molecule has 6 nitrogen and oxygen atoms in total. The largest absolute Gasteiger partial charge is 0.462 e. The summed E-state index contributed by atoms with van der Waals surface area (Å²) in [5.74, 6) is -0.843. The number of carbonyl (C=O) groups excluding carboxylic acids is 3. The maximum Gasteiger partial charge on any atom is 0.306 e. The molecule has 0 heterocycles. The predicted octanol–water partition coefficient (Wildman–Crippen LogP) is 17.2. The summed E-state index contributed by atoms with van der Waals surface area (Å²) in [7, 11) is 0. The van der Waals surface area contributed by atoms with E-state index in [1.54, 1.807) is 0 Å². The average molecular weight is 835 g/mol. The third-order valence-electron chi connectivity index (χ3n) is 12.1. The smallest absolute Gasteiger partial charge is 0.306 e. The van der Waals surface area contributed by atoms with Crippen molar-refractivity contribution in [3.8, 4) is 0 Å². The first-order valence-electron chi connectivity index (χ1n) is 26.5. The SMILES string of the molecule is CCCCCCCCCCCCCCCCCCCCCC(=O)OC[C@H](COC(=O)CCCCCCCCCCC)OC(=O)CCCCCCCCCCCCCCC. The number of rotatable bonds is 49. The summed E-state index contributed by atoms with van der Waals surface area (Å²) >= 11 is 0. The van der Waals surface area contributed by atoms with Crippen molar-refractivity contribution in [3.05, 3.63) is 0 Å². The summed E-state index contributed by atoms with van der Waals surface area (Å²) in [6, 6.07) is 0. The molecule has 0 amide bonds. The van der Waals surface area contributed by atoms with Crippen LogP contribution in [0.5, 0.6) is 0 Å². The maximum absolute atomic E-state index is 12.8. The molecule has 0 N–H and O–H groups in total. The molecule has 0 aromatic carbocycles. The number of hydrogen-bond acceptors (Lipinski definition) is 6. The van der Waals surface area contributed by atoms with Crippen molar-refractivity contribution in [2.45, 2.75) is 309 Å². The third-order valence-corrected chi connectivity index (χ3v) is 12.1. The van der Waals surface area contributed by atoms with Gasteiger partial charge in [0.1, 0.15) is 13.2 Å². The van der Waals surface area contributed by atoms with E-state index in [1.165, 1.54) is 205 Å². The minimum absolute atomic E-state index is 0.0619. The molecule has 0 aliphatic carbocycles. The second-order valence-corrected chi connectivity index (χ2v) is 18.2. The molecule has 0 aromatic rings. The number of unbranched alkanes of at least 4 members (excludes halogenated alkanes) is 38. The maximum atomic E-state index is 12.8.